The topological polar surface area (TPSA) is 49.4 Å². The lowest BCUT2D eigenvalue weighted by Crippen LogP contribution is -2.48. The lowest BCUT2D eigenvalue weighted by molar-refractivity contribution is -0.140. The Morgan fingerprint density at radius 3 is 2.33 bits per heavy atom. The first-order valence-electron chi connectivity index (χ1n) is 9.29. The summed E-state index contributed by atoms with van der Waals surface area (Å²) in [5, 5.41) is 3.47. The first kappa shape index (κ1) is 21.0. The number of hydrogen-bond donors (Lipinski definition) is 1. The molecule has 2 aromatic carbocycles. The normalized spacial score (nSPS) is 11.7. The molecule has 0 spiro atoms. The second-order valence-electron chi connectivity index (χ2n) is 6.68. The first-order valence-corrected chi connectivity index (χ1v) is 9.67. The van der Waals surface area contributed by atoms with Gasteiger partial charge in [-0.2, -0.15) is 0 Å². The van der Waals surface area contributed by atoms with E-state index in [4.69, 9.17) is 11.6 Å². The van der Waals surface area contributed by atoms with Gasteiger partial charge in [-0.15, -0.1) is 0 Å². The van der Waals surface area contributed by atoms with Crippen molar-refractivity contribution in [2.24, 2.45) is 0 Å². The Morgan fingerprint density at radius 1 is 1.07 bits per heavy atom. The van der Waals surface area contributed by atoms with Crippen LogP contribution in [0.1, 0.15) is 37.0 Å². The summed E-state index contributed by atoms with van der Waals surface area (Å²) < 4.78 is 0. The summed E-state index contributed by atoms with van der Waals surface area (Å²) >= 11 is 6.29. The molecule has 144 valence electrons. The number of nitrogens with zero attached hydrogens (tertiary/aromatic N) is 1. The predicted molar refractivity (Wildman–Crippen MR) is 110 cm³/mol. The van der Waals surface area contributed by atoms with Gasteiger partial charge in [0.2, 0.25) is 11.8 Å². The lowest BCUT2D eigenvalue weighted by atomic mass is 10.0. The van der Waals surface area contributed by atoms with Gasteiger partial charge in [-0.25, -0.2) is 0 Å². The molecule has 2 amide bonds. The second-order valence-corrected chi connectivity index (χ2v) is 7.09. The van der Waals surface area contributed by atoms with E-state index in [9.17, 15) is 9.59 Å². The molecule has 5 heteroatoms. The van der Waals surface area contributed by atoms with Gasteiger partial charge in [0.25, 0.3) is 0 Å². The molecular formula is C22H27ClN2O2. The summed E-state index contributed by atoms with van der Waals surface area (Å²) in [6.45, 7) is 6.63. The van der Waals surface area contributed by atoms with E-state index < -0.39 is 6.04 Å². The van der Waals surface area contributed by atoms with Crippen LogP contribution in [0, 0.1) is 6.92 Å². The third kappa shape index (κ3) is 5.83. The van der Waals surface area contributed by atoms with Crippen LogP contribution in [0.15, 0.2) is 48.5 Å². The average molecular weight is 387 g/mol. The second kappa shape index (κ2) is 10.1. The zero-order valence-electron chi connectivity index (χ0n) is 16.2. The Balaban J connectivity index is 2.25. The van der Waals surface area contributed by atoms with Gasteiger partial charge in [-0.1, -0.05) is 61.0 Å². The highest BCUT2D eigenvalue weighted by atomic mass is 35.5. The minimum Gasteiger partial charge on any atom is -0.354 e. The largest absolute Gasteiger partial charge is 0.354 e. The summed E-state index contributed by atoms with van der Waals surface area (Å²) in [5.74, 6) is -0.245. The average Bonchev–Trinajstić information content (AvgIpc) is 2.66. The maximum atomic E-state index is 13.1. The van der Waals surface area contributed by atoms with Gasteiger partial charge in [-0.3, -0.25) is 9.59 Å². The van der Waals surface area contributed by atoms with Crippen LogP contribution in [0.3, 0.4) is 0 Å². The molecule has 0 saturated heterocycles. The van der Waals surface area contributed by atoms with Crippen molar-refractivity contribution in [3.63, 3.8) is 0 Å². The van der Waals surface area contributed by atoms with Crippen LogP contribution in [0.5, 0.6) is 0 Å². The molecule has 2 rings (SSSR count). The first-order chi connectivity index (χ1) is 12.9. The summed E-state index contributed by atoms with van der Waals surface area (Å²) in [5.41, 5.74) is 2.85. The van der Waals surface area contributed by atoms with Crippen molar-refractivity contribution < 1.29 is 9.59 Å². The Hall–Kier alpha value is -2.33. The molecule has 1 N–H and O–H groups in total. The molecule has 0 aromatic heterocycles. The van der Waals surface area contributed by atoms with E-state index >= 15 is 0 Å². The van der Waals surface area contributed by atoms with E-state index in [2.05, 4.69) is 5.32 Å². The quantitative estimate of drug-likeness (QED) is 0.741. The maximum Gasteiger partial charge on any atom is 0.242 e. The molecule has 0 saturated carbocycles. The molecule has 4 nitrogen and oxygen atoms in total. The standard InChI is InChI=1S/C22H27ClN2O2/c1-4-13-24-22(27)17(3)25(15-19-11-7-8-12-20(19)23)21(26)14-18-10-6-5-9-16(18)2/h5-12,17H,4,13-15H2,1-3H3,(H,24,27). The Kier molecular flexibility index (Phi) is 7.86. The number of nitrogens with one attached hydrogen (secondary N) is 1. The predicted octanol–water partition coefficient (Wildman–Crippen LogP) is 4.13. The number of carbonyl (C=O) groups excluding carboxylic acids is 2. The third-order valence-electron chi connectivity index (χ3n) is 4.62. The van der Waals surface area contributed by atoms with Crippen molar-refractivity contribution in [1.82, 2.24) is 10.2 Å². The highest BCUT2D eigenvalue weighted by Gasteiger charge is 2.26. The van der Waals surface area contributed by atoms with Gasteiger partial charge in [0.1, 0.15) is 6.04 Å². The van der Waals surface area contributed by atoms with Crippen LogP contribution in [-0.2, 0) is 22.6 Å². The summed E-state index contributed by atoms with van der Waals surface area (Å²) in [6, 6.07) is 14.6. The molecule has 2 aromatic rings. The molecule has 0 heterocycles. The molecule has 1 unspecified atom stereocenters. The van der Waals surface area contributed by atoms with Crippen LogP contribution in [0.2, 0.25) is 5.02 Å². The molecule has 0 aliphatic heterocycles. The number of halogens is 1. The smallest absolute Gasteiger partial charge is 0.242 e. The minimum atomic E-state index is -0.579. The molecule has 0 fully saturated rings. The van der Waals surface area contributed by atoms with E-state index in [1.807, 2.05) is 56.3 Å². The monoisotopic (exact) mass is 386 g/mol. The van der Waals surface area contributed by atoms with Gasteiger partial charge < -0.3 is 10.2 Å². The highest BCUT2D eigenvalue weighted by molar-refractivity contribution is 6.31. The zero-order chi connectivity index (χ0) is 19.8. The van der Waals surface area contributed by atoms with Crippen LogP contribution >= 0.6 is 11.6 Å². The van der Waals surface area contributed by atoms with Crippen molar-refractivity contribution in [3.05, 3.63) is 70.2 Å². The van der Waals surface area contributed by atoms with E-state index in [0.29, 0.717) is 18.1 Å². The number of amides is 2. The summed E-state index contributed by atoms with van der Waals surface area (Å²) in [7, 11) is 0. The van der Waals surface area contributed by atoms with Crippen molar-refractivity contribution in [2.75, 3.05) is 6.54 Å². The van der Waals surface area contributed by atoms with E-state index in [1.54, 1.807) is 17.9 Å². The van der Waals surface area contributed by atoms with Gasteiger partial charge in [0, 0.05) is 18.1 Å². The van der Waals surface area contributed by atoms with Gasteiger partial charge in [-0.05, 0) is 43.0 Å². The Morgan fingerprint density at radius 2 is 1.70 bits per heavy atom. The van der Waals surface area contributed by atoms with Gasteiger partial charge in [0.05, 0.1) is 6.42 Å². The van der Waals surface area contributed by atoms with Crippen molar-refractivity contribution in [1.29, 1.82) is 0 Å². The molecular weight excluding hydrogens is 360 g/mol. The number of rotatable bonds is 8. The summed E-state index contributed by atoms with van der Waals surface area (Å²) in [6.07, 6.45) is 1.10. The molecule has 0 aliphatic rings. The number of carbonyl (C=O) groups is 2. The fourth-order valence-corrected chi connectivity index (χ4v) is 3.06. The molecule has 0 radical (unpaired) electrons. The molecule has 0 bridgehead atoms. The molecule has 0 aliphatic carbocycles. The van der Waals surface area contributed by atoms with Crippen LogP contribution < -0.4 is 5.32 Å². The van der Waals surface area contributed by atoms with E-state index in [1.165, 1.54) is 0 Å². The third-order valence-corrected chi connectivity index (χ3v) is 4.99. The van der Waals surface area contributed by atoms with Crippen molar-refractivity contribution in [3.8, 4) is 0 Å². The Labute approximate surface area is 166 Å². The van der Waals surface area contributed by atoms with Crippen LogP contribution in [0.25, 0.3) is 0 Å². The van der Waals surface area contributed by atoms with Crippen LogP contribution in [0.4, 0.5) is 0 Å². The minimum absolute atomic E-state index is 0.0941. The van der Waals surface area contributed by atoms with Crippen LogP contribution in [-0.4, -0.2) is 29.3 Å². The number of benzene rings is 2. The van der Waals surface area contributed by atoms with E-state index in [-0.39, 0.29) is 18.2 Å². The molecule has 27 heavy (non-hydrogen) atoms. The highest BCUT2D eigenvalue weighted by Crippen LogP contribution is 2.20. The SMILES string of the molecule is CCCNC(=O)C(C)N(Cc1ccccc1Cl)C(=O)Cc1ccccc1C. The fraction of sp³-hybridized carbons (Fsp3) is 0.364. The van der Waals surface area contributed by atoms with Crippen molar-refractivity contribution in [2.45, 2.75) is 46.2 Å². The number of aryl methyl sites for hydroxylation is 1. The lowest BCUT2D eigenvalue weighted by Gasteiger charge is -2.29. The molecule has 1 atom stereocenters. The van der Waals surface area contributed by atoms with Crippen molar-refractivity contribution >= 4 is 23.4 Å². The Bertz CT molecular complexity index is 791. The zero-order valence-corrected chi connectivity index (χ0v) is 16.9. The van der Waals surface area contributed by atoms with E-state index in [0.717, 1.165) is 23.1 Å². The van der Waals surface area contributed by atoms with Gasteiger partial charge in [0.15, 0.2) is 0 Å². The van der Waals surface area contributed by atoms with Gasteiger partial charge >= 0.3 is 0 Å². The summed E-state index contributed by atoms with van der Waals surface area (Å²) in [4.78, 5) is 27.2. The number of hydrogen-bond acceptors (Lipinski definition) is 2. The fourth-order valence-electron chi connectivity index (χ4n) is 2.86. The maximum absolute atomic E-state index is 13.1.